The van der Waals surface area contributed by atoms with E-state index in [4.69, 9.17) is 5.26 Å². The van der Waals surface area contributed by atoms with E-state index in [0.717, 1.165) is 0 Å². The monoisotopic (exact) mass is 326 g/mol. The maximum atomic E-state index is 7.15. The Morgan fingerprint density at radius 3 is 1.05 bits per heavy atom. The van der Waals surface area contributed by atoms with Crippen molar-refractivity contribution in [3.8, 4) is 5.04 Å². The van der Waals surface area contributed by atoms with Gasteiger partial charge in [0.25, 0.3) is 0 Å². The third-order valence-corrected chi connectivity index (χ3v) is 3.40. The van der Waals surface area contributed by atoms with Crippen molar-refractivity contribution < 1.29 is 15.5 Å². The van der Waals surface area contributed by atoms with Crippen molar-refractivity contribution in [1.82, 2.24) is 0 Å². The average Bonchev–Trinajstić information content (AvgIpc) is 2.59. The van der Waals surface area contributed by atoms with Crippen LogP contribution >= 0.6 is 0 Å². The fraction of sp³-hybridized carbons (Fsp3) is 0. The molecule has 0 amide bonds. The van der Waals surface area contributed by atoms with Gasteiger partial charge in [0, 0.05) is 0 Å². The van der Waals surface area contributed by atoms with Gasteiger partial charge >= 0.3 is 25.8 Å². The summed E-state index contributed by atoms with van der Waals surface area (Å²) in [4.78, 5) is 0. The predicted octanol–water partition coefficient (Wildman–Crippen LogP) is 2.22. The van der Waals surface area contributed by atoms with Crippen molar-refractivity contribution in [2.24, 2.45) is 0 Å². The first-order valence-electron chi connectivity index (χ1n) is 6.98. The number of hydrogen-bond donors (Lipinski definition) is 0. The molecule has 0 N–H and O–H groups in total. The molecule has 0 aliphatic heterocycles. The van der Waals surface area contributed by atoms with Crippen molar-refractivity contribution >= 4 is 23.1 Å². The van der Waals surface area contributed by atoms with Crippen LogP contribution in [0.4, 0.5) is 0 Å². The Labute approximate surface area is 140 Å². The topological polar surface area (TPSA) is 23.8 Å². The Hall–Kier alpha value is -2.29. The molecule has 3 heteroatoms. The van der Waals surface area contributed by atoms with Gasteiger partial charge in [0.05, 0.1) is 0 Å². The Morgan fingerprint density at radius 2 is 0.818 bits per heavy atom. The Balaban J connectivity index is 0.000000545. The number of rotatable bonds is 3. The summed E-state index contributed by atoms with van der Waals surface area (Å²) >= 11 is 3.47. The summed E-state index contributed by atoms with van der Waals surface area (Å²) in [6.07, 6.45) is 0. The fourth-order valence-electron chi connectivity index (χ4n) is 2.51. The molecule has 0 aromatic heterocycles. The van der Waals surface area contributed by atoms with Gasteiger partial charge in [-0.2, -0.15) is 0 Å². The van der Waals surface area contributed by atoms with E-state index in [1.807, 2.05) is 0 Å². The van der Waals surface area contributed by atoms with Gasteiger partial charge in [-0.05, 0) is 0 Å². The summed E-state index contributed by atoms with van der Waals surface area (Å²) in [5.74, 6) is 0. The molecule has 3 rings (SSSR count). The third kappa shape index (κ3) is 4.35. The molecule has 0 spiro atoms. The second-order valence-corrected chi connectivity index (χ2v) is 4.96. The fourth-order valence-corrected chi connectivity index (χ4v) is 2.51. The van der Waals surface area contributed by atoms with E-state index < -0.39 is 0 Å². The predicted molar refractivity (Wildman–Crippen MR) is 89.6 cm³/mol. The van der Waals surface area contributed by atoms with Crippen LogP contribution in [0, 0.1) is 10.3 Å². The van der Waals surface area contributed by atoms with E-state index in [0.29, 0.717) is 6.71 Å². The maximum absolute atomic E-state index is 7.15. The van der Waals surface area contributed by atoms with Crippen LogP contribution in [0.5, 0.6) is 0 Å². The molecule has 3 aromatic carbocycles. The summed E-state index contributed by atoms with van der Waals surface area (Å²) in [5.41, 5.74) is 4.00. The molecule has 22 heavy (non-hydrogen) atoms. The van der Waals surface area contributed by atoms with Crippen LogP contribution in [0.25, 0.3) is 0 Å². The molecule has 0 saturated carbocycles. The molecule has 1 nitrogen and oxygen atoms in total. The maximum Gasteiger partial charge on any atom is 0.241 e. The minimum absolute atomic E-state index is 0.309. The van der Waals surface area contributed by atoms with Gasteiger partial charge in [0.15, 0.2) is 0 Å². The molecule has 3 aromatic rings. The van der Waals surface area contributed by atoms with Crippen LogP contribution in [0.3, 0.4) is 0 Å². The van der Waals surface area contributed by atoms with Crippen molar-refractivity contribution in [2.45, 2.75) is 0 Å². The van der Waals surface area contributed by atoms with E-state index in [1.54, 1.807) is 0 Å². The summed E-state index contributed by atoms with van der Waals surface area (Å²) < 4.78 is 0. The molecular formula is C19H15BNNi. The van der Waals surface area contributed by atoms with E-state index in [-0.39, 0.29) is 0 Å². The van der Waals surface area contributed by atoms with Crippen molar-refractivity contribution in [3.63, 3.8) is 0 Å². The Kier molecular flexibility index (Phi) is 6.49. The number of hydrogen-bond acceptors (Lipinski definition) is 1. The molecule has 109 valence electrons. The van der Waals surface area contributed by atoms with Gasteiger partial charge in [-0.15, -0.1) is 0 Å². The van der Waals surface area contributed by atoms with Crippen molar-refractivity contribution in [3.05, 3.63) is 91.0 Å². The second kappa shape index (κ2) is 8.88. The zero-order valence-corrected chi connectivity index (χ0v) is 13.0. The first-order chi connectivity index (χ1) is 10.9. The zero-order valence-electron chi connectivity index (χ0n) is 12.0. The van der Waals surface area contributed by atoms with E-state index in [9.17, 15) is 0 Å². The van der Waals surface area contributed by atoms with Crippen LogP contribution in [0.15, 0.2) is 91.0 Å². The van der Waals surface area contributed by atoms with Gasteiger partial charge < -0.3 is 0 Å². The van der Waals surface area contributed by atoms with Gasteiger partial charge in [0.2, 0.25) is 6.71 Å². The minimum Gasteiger partial charge on any atom is -0.0687 e. The molecule has 0 bridgehead atoms. The molecule has 0 heterocycles. The summed E-state index contributed by atoms with van der Waals surface area (Å²) in [7, 11) is 0. The normalized spacial score (nSPS) is 9.14. The van der Waals surface area contributed by atoms with Crippen LogP contribution in [-0.4, -0.2) is 6.71 Å². The molecule has 0 atom stereocenters. The smallest absolute Gasteiger partial charge is 0.0687 e. The van der Waals surface area contributed by atoms with Crippen LogP contribution in [-0.2, 0) is 15.5 Å². The van der Waals surface area contributed by atoms with Crippen molar-refractivity contribution in [1.29, 1.82) is 5.26 Å². The second-order valence-electron chi connectivity index (χ2n) is 4.74. The SMILES string of the molecule is N#[C][Ni].c1ccc(B(c2ccccc2)c2ccccc2)cc1. The molecule has 0 fully saturated rings. The molecule has 0 saturated heterocycles. The largest absolute Gasteiger partial charge is 0.241 e. The van der Waals surface area contributed by atoms with Crippen LogP contribution < -0.4 is 16.4 Å². The quantitative estimate of drug-likeness (QED) is 0.677. The Morgan fingerprint density at radius 1 is 0.591 bits per heavy atom. The van der Waals surface area contributed by atoms with E-state index in [2.05, 4.69) is 106 Å². The van der Waals surface area contributed by atoms with Gasteiger partial charge in [-0.3, -0.25) is 0 Å². The number of nitrogens with zero attached hydrogens (tertiary/aromatic N) is 1. The third-order valence-electron chi connectivity index (χ3n) is 3.40. The minimum atomic E-state index is 0.309. The zero-order chi connectivity index (χ0) is 15.6. The van der Waals surface area contributed by atoms with Gasteiger partial charge in [0.1, 0.15) is 0 Å². The molecule has 0 unspecified atom stereocenters. The van der Waals surface area contributed by atoms with Gasteiger partial charge in [-0.25, -0.2) is 0 Å². The first kappa shape index (κ1) is 16.1. The van der Waals surface area contributed by atoms with E-state index >= 15 is 0 Å². The first-order valence-corrected chi connectivity index (χ1v) is 7.47. The van der Waals surface area contributed by atoms with Crippen LogP contribution in [0.1, 0.15) is 0 Å². The number of benzene rings is 3. The van der Waals surface area contributed by atoms with E-state index in [1.165, 1.54) is 21.4 Å². The summed E-state index contributed by atoms with van der Waals surface area (Å²) in [6, 6.07) is 32.0. The summed E-state index contributed by atoms with van der Waals surface area (Å²) in [5, 5.41) is 8.53. The molecule has 0 radical (unpaired) electrons. The van der Waals surface area contributed by atoms with Crippen LogP contribution in [0.2, 0.25) is 0 Å². The molecule has 0 aliphatic carbocycles. The van der Waals surface area contributed by atoms with Gasteiger partial charge in [-0.1, -0.05) is 107 Å². The molecular weight excluding hydrogens is 312 g/mol. The Bertz CT molecular complexity index is 615. The standard InChI is InChI=1S/C18H15B.CN.Ni/c1-4-10-16(11-5-1)19(17-12-6-2-7-13-17)18-14-8-3-9-15-18;1-2;/h1-15H;;. The summed E-state index contributed by atoms with van der Waals surface area (Å²) in [6.45, 7) is 0.309. The average molecular weight is 327 g/mol. The van der Waals surface area contributed by atoms with Crippen molar-refractivity contribution in [2.75, 3.05) is 0 Å². The molecule has 0 aliphatic rings. The number of nitriles is 1.